The highest BCUT2D eigenvalue weighted by Gasteiger charge is 2.29. The molecule has 6 heteroatoms. The van der Waals surface area contributed by atoms with Crippen molar-refractivity contribution in [1.29, 1.82) is 0 Å². The fourth-order valence-electron chi connectivity index (χ4n) is 3.37. The minimum absolute atomic E-state index is 0.0333. The van der Waals surface area contributed by atoms with Crippen molar-refractivity contribution in [3.63, 3.8) is 0 Å². The van der Waals surface area contributed by atoms with Crippen molar-refractivity contribution in [2.24, 2.45) is 5.92 Å². The largest absolute Gasteiger partial charge is 0.340 e. The zero-order valence-electron chi connectivity index (χ0n) is 14.0. The average Bonchev–Trinajstić information content (AvgIpc) is 3.16. The molecule has 0 saturated carbocycles. The number of amides is 1. The zero-order valence-corrected chi connectivity index (χ0v) is 14.8. The molecule has 0 bridgehead atoms. The third kappa shape index (κ3) is 3.63. The molecule has 2 aromatic heterocycles. The number of carbonyl (C=O) groups is 1. The van der Waals surface area contributed by atoms with Gasteiger partial charge in [-0.2, -0.15) is 5.10 Å². The van der Waals surface area contributed by atoms with Gasteiger partial charge in [0.05, 0.1) is 6.04 Å². The molecule has 1 amide bonds. The van der Waals surface area contributed by atoms with Crippen LogP contribution in [0, 0.1) is 19.8 Å². The van der Waals surface area contributed by atoms with E-state index in [4.69, 9.17) is 0 Å². The molecule has 0 N–H and O–H groups in total. The maximum Gasteiger partial charge on any atom is 0.225 e. The van der Waals surface area contributed by atoms with Crippen LogP contribution in [0.1, 0.15) is 42.3 Å². The second kappa shape index (κ2) is 6.83. The summed E-state index contributed by atoms with van der Waals surface area (Å²) < 4.78 is 2.00. The first-order valence-electron chi connectivity index (χ1n) is 8.25. The maximum absolute atomic E-state index is 12.8. The number of aromatic nitrogens is 3. The number of rotatable bonds is 4. The van der Waals surface area contributed by atoms with Crippen molar-refractivity contribution in [2.75, 3.05) is 13.1 Å². The van der Waals surface area contributed by atoms with E-state index < -0.39 is 0 Å². The number of hydrogen-bond acceptors (Lipinski definition) is 4. The number of likely N-dealkylation sites (tertiary alicyclic amines) is 1. The van der Waals surface area contributed by atoms with Gasteiger partial charge in [0.25, 0.3) is 0 Å². The zero-order chi connectivity index (χ0) is 16.4. The highest BCUT2D eigenvalue weighted by atomic mass is 32.1. The minimum atomic E-state index is 0.0333. The highest BCUT2D eigenvalue weighted by Crippen LogP contribution is 2.24. The summed E-state index contributed by atoms with van der Waals surface area (Å²) in [5.41, 5.74) is 0. The molecule has 3 rings (SSSR count). The van der Waals surface area contributed by atoms with Crippen LogP contribution in [0.4, 0.5) is 0 Å². The molecular weight excluding hydrogens is 308 g/mol. The topological polar surface area (TPSA) is 51.0 Å². The van der Waals surface area contributed by atoms with Gasteiger partial charge in [0.1, 0.15) is 11.6 Å². The lowest BCUT2D eigenvalue weighted by molar-refractivity contribution is -0.136. The Morgan fingerprint density at radius 3 is 2.96 bits per heavy atom. The smallest absolute Gasteiger partial charge is 0.225 e. The highest BCUT2D eigenvalue weighted by molar-refractivity contribution is 7.09. The van der Waals surface area contributed by atoms with Gasteiger partial charge in [-0.1, -0.05) is 13.0 Å². The van der Waals surface area contributed by atoms with Crippen LogP contribution in [-0.2, 0) is 11.2 Å². The number of hydrogen-bond donors (Lipinski definition) is 0. The van der Waals surface area contributed by atoms with Crippen molar-refractivity contribution in [1.82, 2.24) is 19.7 Å². The molecule has 23 heavy (non-hydrogen) atoms. The van der Waals surface area contributed by atoms with Crippen LogP contribution in [0.5, 0.6) is 0 Å². The predicted molar refractivity (Wildman–Crippen MR) is 91.5 cm³/mol. The van der Waals surface area contributed by atoms with Gasteiger partial charge in [-0.25, -0.2) is 9.67 Å². The number of thiophene rings is 1. The predicted octanol–water partition coefficient (Wildman–Crippen LogP) is 3.00. The molecule has 0 aliphatic carbocycles. The summed E-state index contributed by atoms with van der Waals surface area (Å²) in [5.74, 6) is 2.04. The third-order valence-corrected chi connectivity index (χ3v) is 5.37. The quantitative estimate of drug-likeness (QED) is 0.865. The van der Waals surface area contributed by atoms with E-state index in [9.17, 15) is 4.79 Å². The molecule has 1 aliphatic rings. The molecule has 3 heterocycles. The number of carbonyl (C=O) groups excluding carboxylic acids is 1. The van der Waals surface area contributed by atoms with Crippen molar-refractivity contribution < 1.29 is 4.79 Å². The van der Waals surface area contributed by atoms with Crippen LogP contribution in [0.25, 0.3) is 0 Å². The van der Waals surface area contributed by atoms with E-state index in [2.05, 4.69) is 21.5 Å². The van der Waals surface area contributed by atoms with Crippen LogP contribution in [0.15, 0.2) is 17.5 Å². The molecule has 1 fully saturated rings. The van der Waals surface area contributed by atoms with Crippen LogP contribution < -0.4 is 0 Å². The van der Waals surface area contributed by atoms with E-state index in [0.717, 1.165) is 44.0 Å². The van der Waals surface area contributed by atoms with Gasteiger partial charge < -0.3 is 4.90 Å². The fourth-order valence-corrected chi connectivity index (χ4v) is 4.20. The summed E-state index contributed by atoms with van der Waals surface area (Å²) in [6.07, 6.45) is 2.92. The molecule has 0 radical (unpaired) electrons. The summed E-state index contributed by atoms with van der Waals surface area (Å²) >= 11 is 1.72. The van der Waals surface area contributed by atoms with E-state index in [1.54, 1.807) is 11.3 Å². The Kier molecular flexibility index (Phi) is 4.80. The third-order valence-electron chi connectivity index (χ3n) is 4.47. The normalized spacial score (nSPS) is 19.8. The van der Waals surface area contributed by atoms with Gasteiger partial charge in [-0.15, -0.1) is 11.3 Å². The SMILES string of the molecule is Cc1nc(C)n(C2CCCN(C(=O)C(C)Cc3cccs3)C2)n1. The molecule has 2 atom stereocenters. The van der Waals surface area contributed by atoms with Gasteiger partial charge >= 0.3 is 0 Å². The van der Waals surface area contributed by atoms with E-state index >= 15 is 0 Å². The van der Waals surface area contributed by atoms with Gasteiger partial charge in [0.2, 0.25) is 5.91 Å². The lowest BCUT2D eigenvalue weighted by Crippen LogP contribution is -2.43. The molecule has 1 aliphatic heterocycles. The van der Waals surface area contributed by atoms with Crippen molar-refractivity contribution >= 4 is 17.2 Å². The number of piperidine rings is 1. The van der Waals surface area contributed by atoms with Crippen molar-refractivity contribution in [3.05, 3.63) is 34.0 Å². The second-order valence-corrected chi connectivity index (χ2v) is 7.45. The molecular formula is C17H24N4OS. The molecule has 124 valence electrons. The Hall–Kier alpha value is -1.69. The Morgan fingerprint density at radius 2 is 2.30 bits per heavy atom. The number of aryl methyl sites for hydroxylation is 2. The first-order valence-corrected chi connectivity index (χ1v) is 9.13. The first-order chi connectivity index (χ1) is 11.0. The Labute approximate surface area is 141 Å². The summed E-state index contributed by atoms with van der Waals surface area (Å²) in [5, 5.41) is 6.57. The minimum Gasteiger partial charge on any atom is -0.340 e. The molecule has 2 unspecified atom stereocenters. The average molecular weight is 332 g/mol. The standard InChI is InChI=1S/C17H24N4OS/c1-12(10-16-7-5-9-23-16)17(22)20-8-4-6-15(11-20)21-14(3)18-13(2)19-21/h5,7,9,12,15H,4,6,8,10-11H2,1-3H3. The lowest BCUT2D eigenvalue weighted by atomic mass is 10.0. The number of nitrogens with zero attached hydrogens (tertiary/aromatic N) is 4. The van der Waals surface area contributed by atoms with Crippen LogP contribution in [0.2, 0.25) is 0 Å². The van der Waals surface area contributed by atoms with Gasteiger partial charge in [-0.3, -0.25) is 4.79 Å². The monoisotopic (exact) mass is 332 g/mol. The van der Waals surface area contributed by atoms with Crippen LogP contribution in [-0.4, -0.2) is 38.7 Å². The van der Waals surface area contributed by atoms with E-state index in [1.165, 1.54) is 4.88 Å². The van der Waals surface area contributed by atoms with Gasteiger partial charge in [-0.05, 0) is 44.6 Å². The summed E-state index contributed by atoms with van der Waals surface area (Å²) in [6.45, 7) is 7.54. The van der Waals surface area contributed by atoms with Gasteiger partial charge in [0, 0.05) is 23.9 Å². The summed E-state index contributed by atoms with van der Waals surface area (Å²) in [7, 11) is 0. The van der Waals surface area contributed by atoms with Crippen LogP contribution in [0.3, 0.4) is 0 Å². The van der Waals surface area contributed by atoms with Crippen molar-refractivity contribution in [2.45, 2.75) is 46.1 Å². The van der Waals surface area contributed by atoms with Gasteiger partial charge in [0.15, 0.2) is 0 Å². The van der Waals surface area contributed by atoms with Crippen LogP contribution >= 0.6 is 11.3 Å². The van der Waals surface area contributed by atoms with Crippen molar-refractivity contribution in [3.8, 4) is 0 Å². The Morgan fingerprint density at radius 1 is 1.48 bits per heavy atom. The molecule has 1 saturated heterocycles. The Bertz CT molecular complexity index is 664. The van der Waals surface area contributed by atoms with E-state index in [0.29, 0.717) is 0 Å². The van der Waals surface area contributed by atoms with E-state index in [-0.39, 0.29) is 17.9 Å². The maximum atomic E-state index is 12.8. The molecule has 0 aromatic carbocycles. The first kappa shape index (κ1) is 16.2. The second-order valence-electron chi connectivity index (χ2n) is 6.42. The fraction of sp³-hybridized carbons (Fsp3) is 0.588. The summed E-state index contributed by atoms with van der Waals surface area (Å²) in [6, 6.07) is 4.40. The molecule has 0 spiro atoms. The molecule has 2 aromatic rings. The van der Waals surface area contributed by atoms with E-state index in [1.807, 2.05) is 36.4 Å². The summed E-state index contributed by atoms with van der Waals surface area (Å²) in [4.78, 5) is 20.5. The lowest BCUT2D eigenvalue weighted by Gasteiger charge is -2.34. The molecule has 5 nitrogen and oxygen atoms in total. The Balaban J connectivity index is 1.65.